The highest BCUT2D eigenvalue weighted by Crippen LogP contribution is 2.22. The van der Waals surface area contributed by atoms with Gasteiger partial charge in [-0.15, -0.1) is 0 Å². The Kier molecular flexibility index (Phi) is 6.24. The van der Waals surface area contributed by atoms with Crippen LogP contribution in [0.4, 0.5) is 0 Å². The van der Waals surface area contributed by atoms with Crippen LogP contribution < -0.4 is 0 Å². The molecule has 0 aromatic carbocycles. The summed E-state index contributed by atoms with van der Waals surface area (Å²) in [6.07, 6.45) is 2.83. The Hall–Kier alpha value is -1.10. The van der Waals surface area contributed by atoms with Gasteiger partial charge in [-0.25, -0.2) is 0 Å². The summed E-state index contributed by atoms with van der Waals surface area (Å²) in [6.45, 7) is 10.6. The van der Waals surface area contributed by atoms with E-state index < -0.39 is 0 Å². The van der Waals surface area contributed by atoms with E-state index in [2.05, 4.69) is 18.7 Å². The van der Waals surface area contributed by atoms with E-state index in [1.165, 1.54) is 6.42 Å². The van der Waals surface area contributed by atoms with Gasteiger partial charge < -0.3 is 9.64 Å². The summed E-state index contributed by atoms with van der Waals surface area (Å²) in [5.74, 6) is 1.38. The average molecular weight is 310 g/mol. The monoisotopic (exact) mass is 310 g/mol. The normalized spacial score (nSPS) is 27.7. The van der Waals surface area contributed by atoms with Crippen LogP contribution in [0.15, 0.2) is 0 Å². The lowest BCUT2D eigenvalue weighted by Gasteiger charge is -2.37. The Morgan fingerprint density at radius 3 is 2.23 bits per heavy atom. The van der Waals surface area contributed by atoms with Crippen LogP contribution in [0.1, 0.15) is 40.0 Å². The molecule has 5 nitrogen and oxygen atoms in total. The fourth-order valence-electron chi connectivity index (χ4n) is 3.74. The SMILES string of the molecule is CCOC(=O)C1CCN(CC(=O)N2CC(C)CC(C)C2)CC1. The minimum atomic E-state index is -0.0767. The van der Waals surface area contributed by atoms with Crippen LogP contribution in [0.2, 0.25) is 0 Å². The first-order chi connectivity index (χ1) is 10.5. The molecule has 2 saturated heterocycles. The molecular formula is C17H30N2O3. The Morgan fingerprint density at radius 2 is 1.68 bits per heavy atom. The van der Waals surface area contributed by atoms with Crippen molar-refractivity contribution in [2.45, 2.75) is 40.0 Å². The highest BCUT2D eigenvalue weighted by Gasteiger charge is 2.29. The Bertz CT molecular complexity index is 381. The molecule has 0 radical (unpaired) electrons. The molecule has 0 aromatic heterocycles. The molecule has 22 heavy (non-hydrogen) atoms. The van der Waals surface area contributed by atoms with Crippen LogP contribution in [0, 0.1) is 17.8 Å². The zero-order chi connectivity index (χ0) is 16.1. The molecule has 2 aliphatic heterocycles. The van der Waals surface area contributed by atoms with E-state index in [0.717, 1.165) is 39.0 Å². The van der Waals surface area contributed by atoms with Crippen molar-refractivity contribution in [3.8, 4) is 0 Å². The van der Waals surface area contributed by atoms with Crippen molar-refractivity contribution in [1.82, 2.24) is 9.80 Å². The third-order valence-electron chi connectivity index (χ3n) is 4.79. The molecule has 0 N–H and O–H groups in total. The van der Waals surface area contributed by atoms with Gasteiger partial charge in [0.15, 0.2) is 0 Å². The second-order valence-electron chi connectivity index (χ2n) is 7.05. The predicted octanol–water partition coefficient (Wildman–Crippen LogP) is 1.77. The number of amides is 1. The fraction of sp³-hybridized carbons (Fsp3) is 0.882. The standard InChI is InChI=1S/C17H30N2O3/c1-4-22-17(21)15-5-7-18(8-6-15)12-16(20)19-10-13(2)9-14(3)11-19/h13-15H,4-12H2,1-3H3. The maximum absolute atomic E-state index is 12.5. The minimum Gasteiger partial charge on any atom is -0.466 e. The molecular weight excluding hydrogens is 280 g/mol. The predicted molar refractivity (Wildman–Crippen MR) is 85.3 cm³/mol. The summed E-state index contributed by atoms with van der Waals surface area (Å²) in [7, 11) is 0. The van der Waals surface area contributed by atoms with E-state index in [4.69, 9.17) is 4.74 Å². The van der Waals surface area contributed by atoms with Gasteiger partial charge in [0.1, 0.15) is 0 Å². The van der Waals surface area contributed by atoms with Gasteiger partial charge in [-0.1, -0.05) is 13.8 Å². The van der Waals surface area contributed by atoms with Gasteiger partial charge in [0.2, 0.25) is 5.91 Å². The number of hydrogen-bond acceptors (Lipinski definition) is 4. The van der Waals surface area contributed by atoms with E-state index in [9.17, 15) is 9.59 Å². The van der Waals surface area contributed by atoms with Crippen molar-refractivity contribution in [2.24, 2.45) is 17.8 Å². The second kappa shape index (κ2) is 7.95. The number of ether oxygens (including phenoxy) is 1. The van der Waals surface area contributed by atoms with Crippen molar-refractivity contribution in [3.63, 3.8) is 0 Å². The second-order valence-corrected chi connectivity index (χ2v) is 7.05. The summed E-state index contributed by atoms with van der Waals surface area (Å²) in [6, 6.07) is 0. The summed E-state index contributed by atoms with van der Waals surface area (Å²) < 4.78 is 5.08. The molecule has 2 heterocycles. The number of likely N-dealkylation sites (tertiary alicyclic amines) is 2. The summed E-state index contributed by atoms with van der Waals surface area (Å²) in [5.41, 5.74) is 0. The molecule has 1 amide bonds. The molecule has 2 unspecified atom stereocenters. The average Bonchev–Trinajstić information content (AvgIpc) is 2.47. The van der Waals surface area contributed by atoms with Crippen LogP contribution in [0.5, 0.6) is 0 Å². The largest absolute Gasteiger partial charge is 0.466 e. The number of piperidine rings is 2. The highest BCUT2D eigenvalue weighted by atomic mass is 16.5. The zero-order valence-corrected chi connectivity index (χ0v) is 14.2. The molecule has 0 spiro atoms. The molecule has 5 heteroatoms. The Labute approximate surface area is 134 Å². The lowest BCUT2D eigenvalue weighted by Crippen LogP contribution is -2.48. The van der Waals surface area contributed by atoms with Gasteiger partial charge in [-0.05, 0) is 51.1 Å². The molecule has 2 aliphatic rings. The maximum Gasteiger partial charge on any atom is 0.309 e. The maximum atomic E-state index is 12.5. The quantitative estimate of drug-likeness (QED) is 0.743. The number of esters is 1. The summed E-state index contributed by atoms with van der Waals surface area (Å²) in [4.78, 5) is 28.4. The van der Waals surface area contributed by atoms with E-state index in [1.54, 1.807) is 0 Å². The van der Waals surface area contributed by atoms with Gasteiger partial charge in [0, 0.05) is 13.1 Å². The first-order valence-electron chi connectivity index (χ1n) is 8.66. The number of carbonyl (C=O) groups is 2. The van der Waals surface area contributed by atoms with Crippen molar-refractivity contribution >= 4 is 11.9 Å². The van der Waals surface area contributed by atoms with Crippen LogP contribution in [-0.2, 0) is 14.3 Å². The lowest BCUT2D eigenvalue weighted by atomic mass is 9.92. The molecule has 2 fully saturated rings. The van der Waals surface area contributed by atoms with Crippen LogP contribution in [-0.4, -0.2) is 61.0 Å². The first-order valence-corrected chi connectivity index (χ1v) is 8.66. The van der Waals surface area contributed by atoms with E-state index in [1.807, 2.05) is 11.8 Å². The van der Waals surface area contributed by atoms with Crippen molar-refractivity contribution in [3.05, 3.63) is 0 Å². The summed E-state index contributed by atoms with van der Waals surface area (Å²) >= 11 is 0. The topological polar surface area (TPSA) is 49.9 Å². The first kappa shape index (κ1) is 17.3. The number of nitrogens with zero attached hydrogens (tertiary/aromatic N) is 2. The molecule has 126 valence electrons. The highest BCUT2D eigenvalue weighted by molar-refractivity contribution is 5.78. The molecule has 2 rings (SSSR count). The molecule has 2 atom stereocenters. The smallest absolute Gasteiger partial charge is 0.309 e. The van der Waals surface area contributed by atoms with Crippen molar-refractivity contribution < 1.29 is 14.3 Å². The number of rotatable bonds is 4. The van der Waals surface area contributed by atoms with E-state index in [-0.39, 0.29) is 17.8 Å². The van der Waals surface area contributed by atoms with Gasteiger partial charge >= 0.3 is 5.97 Å². The van der Waals surface area contributed by atoms with Gasteiger partial charge in [-0.3, -0.25) is 14.5 Å². The fourth-order valence-corrected chi connectivity index (χ4v) is 3.74. The van der Waals surface area contributed by atoms with Crippen molar-refractivity contribution in [1.29, 1.82) is 0 Å². The van der Waals surface area contributed by atoms with Gasteiger partial charge in [-0.2, -0.15) is 0 Å². The lowest BCUT2D eigenvalue weighted by molar-refractivity contribution is -0.149. The van der Waals surface area contributed by atoms with Crippen molar-refractivity contribution in [2.75, 3.05) is 39.3 Å². The van der Waals surface area contributed by atoms with E-state index in [0.29, 0.717) is 25.0 Å². The number of hydrogen-bond donors (Lipinski definition) is 0. The third kappa shape index (κ3) is 4.70. The van der Waals surface area contributed by atoms with Crippen LogP contribution in [0.3, 0.4) is 0 Å². The molecule has 0 bridgehead atoms. The summed E-state index contributed by atoms with van der Waals surface area (Å²) in [5, 5.41) is 0. The molecule has 0 saturated carbocycles. The minimum absolute atomic E-state index is 0.0151. The van der Waals surface area contributed by atoms with Gasteiger partial charge in [0.05, 0.1) is 19.1 Å². The molecule has 0 aromatic rings. The van der Waals surface area contributed by atoms with Gasteiger partial charge in [0.25, 0.3) is 0 Å². The third-order valence-corrected chi connectivity index (χ3v) is 4.79. The zero-order valence-electron chi connectivity index (χ0n) is 14.2. The van der Waals surface area contributed by atoms with Crippen LogP contribution >= 0.6 is 0 Å². The Morgan fingerprint density at radius 1 is 1.09 bits per heavy atom. The molecule has 0 aliphatic carbocycles. The number of carbonyl (C=O) groups excluding carboxylic acids is 2. The van der Waals surface area contributed by atoms with Crippen LogP contribution in [0.25, 0.3) is 0 Å². The Balaban J connectivity index is 1.76. The van der Waals surface area contributed by atoms with E-state index >= 15 is 0 Å².